The summed E-state index contributed by atoms with van der Waals surface area (Å²) in [5.74, 6) is 1.06. The van der Waals surface area contributed by atoms with Gasteiger partial charge in [0, 0.05) is 6.04 Å². The number of carboxylic acid groups (broad SMARTS) is 1. The van der Waals surface area contributed by atoms with Crippen LogP contribution in [-0.4, -0.2) is 34.7 Å². The Labute approximate surface area is 122 Å². The molecule has 1 saturated heterocycles. The molecular weight excluding hydrogens is 276 g/mol. The lowest BCUT2D eigenvalue weighted by Crippen LogP contribution is -2.40. The summed E-state index contributed by atoms with van der Waals surface area (Å²) < 4.78 is 0. The number of carbonyl (C=O) groups is 2. The van der Waals surface area contributed by atoms with Gasteiger partial charge in [0.1, 0.15) is 0 Å². The number of hydrogen-bond donors (Lipinski definition) is 3. The number of urea groups is 1. The highest BCUT2D eigenvalue weighted by atomic mass is 32.2. The Morgan fingerprint density at radius 2 is 2.00 bits per heavy atom. The number of anilines is 1. The van der Waals surface area contributed by atoms with Crippen LogP contribution in [0.25, 0.3) is 0 Å². The van der Waals surface area contributed by atoms with Crippen LogP contribution in [0.4, 0.5) is 10.5 Å². The second kappa shape index (κ2) is 6.65. The Bertz CT molecular complexity index is 513. The molecule has 108 valence electrons. The van der Waals surface area contributed by atoms with E-state index in [0.717, 1.165) is 29.9 Å². The molecule has 20 heavy (non-hydrogen) atoms. The van der Waals surface area contributed by atoms with Gasteiger partial charge in [-0.25, -0.2) is 9.59 Å². The molecule has 1 aromatic carbocycles. The molecule has 0 radical (unpaired) electrons. The molecule has 1 aliphatic heterocycles. The summed E-state index contributed by atoms with van der Waals surface area (Å²) in [5, 5.41) is 14.7. The van der Waals surface area contributed by atoms with Crippen LogP contribution in [-0.2, 0) is 0 Å². The highest BCUT2D eigenvalue weighted by molar-refractivity contribution is 7.99. The predicted molar refractivity (Wildman–Crippen MR) is 80.6 cm³/mol. The second-order valence-electron chi connectivity index (χ2n) is 4.79. The van der Waals surface area contributed by atoms with E-state index in [-0.39, 0.29) is 17.6 Å². The third-order valence-electron chi connectivity index (χ3n) is 3.30. The fourth-order valence-corrected chi connectivity index (χ4v) is 3.30. The summed E-state index contributed by atoms with van der Waals surface area (Å²) in [6.07, 6.45) is 1.91. The van der Waals surface area contributed by atoms with E-state index in [1.807, 2.05) is 11.8 Å². The van der Waals surface area contributed by atoms with Gasteiger partial charge < -0.3 is 15.7 Å². The number of carboxylic acids is 1. The molecule has 5 nitrogen and oxygen atoms in total. The highest BCUT2D eigenvalue weighted by Crippen LogP contribution is 2.21. The first-order valence-corrected chi connectivity index (χ1v) is 7.71. The first-order chi connectivity index (χ1) is 9.58. The van der Waals surface area contributed by atoms with Crippen molar-refractivity contribution in [3.05, 3.63) is 29.3 Å². The van der Waals surface area contributed by atoms with Gasteiger partial charge in [-0.1, -0.05) is 12.1 Å². The maximum absolute atomic E-state index is 12.0. The van der Waals surface area contributed by atoms with Crippen LogP contribution in [0.3, 0.4) is 0 Å². The zero-order valence-corrected chi connectivity index (χ0v) is 12.1. The zero-order valence-electron chi connectivity index (χ0n) is 11.3. The first kappa shape index (κ1) is 14.7. The predicted octanol–water partition coefficient (Wildman–Crippen LogP) is 2.71. The Morgan fingerprint density at radius 1 is 1.30 bits per heavy atom. The van der Waals surface area contributed by atoms with Crippen molar-refractivity contribution in [2.24, 2.45) is 0 Å². The molecule has 0 aliphatic carbocycles. The molecule has 1 aromatic rings. The van der Waals surface area contributed by atoms with Gasteiger partial charge >= 0.3 is 12.0 Å². The van der Waals surface area contributed by atoms with Crippen LogP contribution >= 0.6 is 11.8 Å². The van der Waals surface area contributed by atoms with Crippen LogP contribution < -0.4 is 10.6 Å². The molecule has 2 amide bonds. The first-order valence-electron chi connectivity index (χ1n) is 6.56. The van der Waals surface area contributed by atoms with Gasteiger partial charge in [-0.2, -0.15) is 11.8 Å². The smallest absolute Gasteiger partial charge is 0.337 e. The molecule has 0 bridgehead atoms. The molecule has 1 heterocycles. The SMILES string of the molecule is Cc1cccc(C(=O)O)c1NC(=O)NC1CCSCC1. The lowest BCUT2D eigenvalue weighted by Gasteiger charge is -2.23. The number of hydrogen-bond acceptors (Lipinski definition) is 3. The van der Waals surface area contributed by atoms with Crippen LogP contribution in [0, 0.1) is 6.92 Å². The van der Waals surface area contributed by atoms with Gasteiger partial charge in [0.25, 0.3) is 0 Å². The maximum atomic E-state index is 12.0. The number of rotatable bonds is 3. The molecule has 2 rings (SSSR count). The van der Waals surface area contributed by atoms with Crippen molar-refractivity contribution in [2.75, 3.05) is 16.8 Å². The minimum atomic E-state index is -1.04. The van der Waals surface area contributed by atoms with Crippen molar-refractivity contribution in [1.29, 1.82) is 0 Å². The lowest BCUT2D eigenvalue weighted by molar-refractivity contribution is 0.0698. The summed E-state index contributed by atoms with van der Waals surface area (Å²) >= 11 is 1.89. The van der Waals surface area contributed by atoms with Crippen molar-refractivity contribution in [3.63, 3.8) is 0 Å². The minimum Gasteiger partial charge on any atom is -0.478 e. The number of benzene rings is 1. The summed E-state index contributed by atoms with van der Waals surface area (Å²) in [7, 11) is 0. The summed E-state index contributed by atoms with van der Waals surface area (Å²) in [5.41, 5.74) is 1.21. The van der Waals surface area contributed by atoms with Gasteiger partial charge in [-0.15, -0.1) is 0 Å². The van der Waals surface area contributed by atoms with E-state index in [2.05, 4.69) is 10.6 Å². The number of carbonyl (C=O) groups excluding carboxylic acids is 1. The molecule has 6 heteroatoms. The molecular formula is C14H18N2O3S. The second-order valence-corrected chi connectivity index (χ2v) is 6.01. The van der Waals surface area contributed by atoms with E-state index in [0.29, 0.717) is 5.69 Å². The number of thioether (sulfide) groups is 1. The monoisotopic (exact) mass is 294 g/mol. The van der Waals surface area contributed by atoms with Gasteiger partial charge in [0.05, 0.1) is 11.3 Å². The summed E-state index contributed by atoms with van der Waals surface area (Å²) in [4.78, 5) is 23.2. The quantitative estimate of drug-likeness (QED) is 0.801. The van der Waals surface area contributed by atoms with E-state index < -0.39 is 5.97 Å². The average molecular weight is 294 g/mol. The largest absolute Gasteiger partial charge is 0.478 e. The van der Waals surface area contributed by atoms with Crippen LogP contribution in [0.5, 0.6) is 0 Å². The maximum Gasteiger partial charge on any atom is 0.337 e. The third-order valence-corrected chi connectivity index (χ3v) is 4.35. The highest BCUT2D eigenvalue weighted by Gasteiger charge is 2.18. The normalized spacial score (nSPS) is 15.7. The number of aromatic carboxylic acids is 1. The summed E-state index contributed by atoms with van der Waals surface area (Å²) in [6.45, 7) is 1.78. The Balaban J connectivity index is 2.05. The zero-order chi connectivity index (χ0) is 14.5. The average Bonchev–Trinajstić information content (AvgIpc) is 2.42. The third kappa shape index (κ3) is 3.66. The topological polar surface area (TPSA) is 78.4 Å². The van der Waals surface area contributed by atoms with Crippen molar-refractivity contribution in [3.8, 4) is 0 Å². The van der Waals surface area contributed by atoms with Crippen molar-refractivity contribution in [2.45, 2.75) is 25.8 Å². The Hall–Kier alpha value is -1.69. The van der Waals surface area contributed by atoms with Crippen molar-refractivity contribution < 1.29 is 14.7 Å². The number of amides is 2. The van der Waals surface area contributed by atoms with E-state index in [4.69, 9.17) is 5.11 Å². The number of nitrogens with one attached hydrogen (secondary N) is 2. The van der Waals surface area contributed by atoms with E-state index in [9.17, 15) is 9.59 Å². The standard InChI is InChI=1S/C14H18N2O3S/c1-9-3-2-4-11(13(17)18)12(9)16-14(19)15-10-5-7-20-8-6-10/h2-4,10H,5-8H2,1H3,(H,17,18)(H2,15,16,19). The molecule has 0 aromatic heterocycles. The van der Waals surface area contributed by atoms with E-state index >= 15 is 0 Å². The van der Waals surface area contributed by atoms with Gasteiger partial charge in [-0.3, -0.25) is 0 Å². The number of para-hydroxylation sites is 1. The molecule has 1 aliphatic rings. The van der Waals surface area contributed by atoms with Crippen LogP contribution in [0.2, 0.25) is 0 Å². The van der Waals surface area contributed by atoms with Gasteiger partial charge in [0.15, 0.2) is 0 Å². The summed E-state index contributed by atoms with van der Waals surface area (Å²) in [6, 6.07) is 4.77. The fraction of sp³-hybridized carbons (Fsp3) is 0.429. The minimum absolute atomic E-state index is 0.111. The van der Waals surface area contributed by atoms with Crippen LogP contribution in [0.1, 0.15) is 28.8 Å². The molecule has 0 atom stereocenters. The molecule has 1 fully saturated rings. The molecule has 0 unspecified atom stereocenters. The van der Waals surface area contributed by atoms with Gasteiger partial charge in [0.2, 0.25) is 0 Å². The van der Waals surface area contributed by atoms with E-state index in [1.54, 1.807) is 19.1 Å². The molecule has 0 saturated carbocycles. The van der Waals surface area contributed by atoms with Crippen molar-refractivity contribution in [1.82, 2.24) is 5.32 Å². The van der Waals surface area contributed by atoms with Crippen LogP contribution in [0.15, 0.2) is 18.2 Å². The lowest BCUT2D eigenvalue weighted by atomic mass is 10.1. The Kier molecular flexibility index (Phi) is 4.89. The molecule has 3 N–H and O–H groups in total. The van der Waals surface area contributed by atoms with E-state index in [1.165, 1.54) is 6.07 Å². The molecule has 0 spiro atoms. The number of aryl methyl sites for hydroxylation is 1. The Morgan fingerprint density at radius 3 is 2.65 bits per heavy atom. The fourth-order valence-electron chi connectivity index (χ4n) is 2.19. The van der Waals surface area contributed by atoms with Gasteiger partial charge in [-0.05, 0) is 42.9 Å². The van der Waals surface area contributed by atoms with Crippen molar-refractivity contribution >= 4 is 29.4 Å².